The van der Waals surface area contributed by atoms with Gasteiger partial charge in [-0.2, -0.15) is 0 Å². The first-order valence-corrected chi connectivity index (χ1v) is 11.2. The predicted octanol–water partition coefficient (Wildman–Crippen LogP) is 5.98. The highest BCUT2D eigenvalue weighted by molar-refractivity contribution is 8.00. The molecule has 0 spiro atoms. The van der Waals surface area contributed by atoms with Gasteiger partial charge in [-0.3, -0.25) is 14.5 Å². The lowest BCUT2D eigenvalue weighted by Gasteiger charge is -2.27. The molecule has 2 amide bonds. The minimum absolute atomic E-state index is 0.0894. The number of nitrogens with one attached hydrogen (secondary N) is 1. The second-order valence-corrected chi connectivity index (χ2v) is 8.80. The molecule has 4 nitrogen and oxygen atoms in total. The zero-order chi connectivity index (χ0) is 22.0. The molecule has 1 saturated heterocycles. The number of hydrogen-bond donors (Lipinski definition) is 1. The van der Waals surface area contributed by atoms with Crippen molar-refractivity contribution in [2.24, 2.45) is 0 Å². The summed E-state index contributed by atoms with van der Waals surface area (Å²) in [6.45, 7) is 4.25. The Hall–Kier alpha value is -3.12. The number of nitrogens with zero attached hydrogens (tertiary/aromatic N) is 1. The van der Waals surface area contributed by atoms with Gasteiger partial charge in [-0.15, -0.1) is 11.8 Å². The standard InChI is InChI=1S/C25H23FN2O2S/c1-16(2)21-8-3-4-9-22(21)28-23(29)15-31-25(28)17-10-12-20(13-11-17)27-24(30)18-6-5-7-19(26)14-18/h3-14,16,25H,15H2,1-2H3,(H,27,30). The van der Waals surface area contributed by atoms with Crippen molar-refractivity contribution in [2.45, 2.75) is 25.1 Å². The van der Waals surface area contributed by atoms with Crippen molar-refractivity contribution in [1.29, 1.82) is 0 Å². The van der Waals surface area contributed by atoms with E-state index in [-0.39, 0.29) is 22.8 Å². The summed E-state index contributed by atoms with van der Waals surface area (Å²) in [6.07, 6.45) is 0. The Balaban J connectivity index is 1.56. The van der Waals surface area contributed by atoms with E-state index >= 15 is 0 Å². The van der Waals surface area contributed by atoms with E-state index in [1.54, 1.807) is 17.8 Å². The van der Waals surface area contributed by atoms with Gasteiger partial charge in [-0.25, -0.2) is 4.39 Å². The summed E-state index contributed by atoms with van der Waals surface area (Å²) in [6, 6.07) is 21.1. The number of anilines is 2. The second kappa shape index (κ2) is 8.94. The van der Waals surface area contributed by atoms with Crippen LogP contribution >= 0.6 is 11.8 Å². The van der Waals surface area contributed by atoms with E-state index < -0.39 is 5.82 Å². The molecular weight excluding hydrogens is 411 g/mol. The molecule has 1 aliphatic rings. The highest BCUT2D eigenvalue weighted by Gasteiger charge is 2.35. The fraction of sp³-hybridized carbons (Fsp3) is 0.200. The number of benzene rings is 3. The molecule has 4 rings (SSSR count). The van der Waals surface area contributed by atoms with Crippen LogP contribution in [0, 0.1) is 5.82 Å². The van der Waals surface area contributed by atoms with Gasteiger partial charge in [0.2, 0.25) is 5.91 Å². The molecule has 0 aliphatic carbocycles. The average molecular weight is 435 g/mol. The summed E-state index contributed by atoms with van der Waals surface area (Å²) in [5.74, 6) is -0.00472. The third kappa shape index (κ3) is 4.49. The Morgan fingerprint density at radius 2 is 1.81 bits per heavy atom. The molecule has 0 aromatic heterocycles. The third-order valence-corrected chi connectivity index (χ3v) is 6.44. The maximum atomic E-state index is 13.4. The first-order valence-electron chi connectivity index (χ1n) is 10.1. The van der Waals surface area contributed by atoms with E-state index in [9.17, 15) is 14.0 Å². The number of hydrogen-bond acceptors (Lipinski definition) is 3. The van der Waals surface area contributed by atoms with Crippen molar-refractivity contribution >= 4 is 35.0 Å². The van der Waals surface area contributed by atoms with Crippen molar-refractivity contribution in [3.63, 3.8) is 0 Å². The lowest BCUT2D eigenvalue weighted by molar-refractivity contribution is -0.115. The molecule has 1 heterocycles. The summed E-state index contributed by atoms with van der Waals surface area (Å²) in [7, 11) is 0. The molecule has 31 heavy (non-hydrogen) atoms. The molecule has 0 radical (unpaired) electrons. The first kappa shape index (κ1) is 21.1. The number of amides is 2. The Morgan fingerprint density at radius 3 is 2.52 bits per heavy atom. The van der Waals surface area contributed by atoms with Gasteiger partial charge in [0.05, 0.1) is 5.75 Å². The van der Waals surface area contributed by atoms with E-state index in [1.165, 1.54) is 18.2 Å². The molecular formula is C25H23FN2O2S. The van der Waals surface area contributed by atoms with E-state index in [0.717, 1.165) is 16.8 Å². The molecule has 1 aliphatic heterocycles. The number of rotatable bonds is 5. The van der Waals surface area contributed by atoms with Crippen LogP contribution in [0.3, 0.4) is 0 Å². The zero-order valence-corrected chi connectivity index (χ0v) is 18.2. The second-order valence-electron chi connectivity index (χ2n) is 7.73. The lowest BCUT2D eigenvalue weighted by Crippen LogP contribution is -2.29. The fourth-order valence-electron chi connectivity index (χ4n) is 3.69. The average Bonchev–Trinajstić information content (AvgIpc) is 3.15. The monoisotopic (exact) mass is 434 g/mol. The van der Waals surface area contributed by atoms with Crippen molar-refractivity contribution in [3.05, 3.63) is 95.3 Å². The number of carbonyl (C=O) groups is 2. The van der Waals surface area contributed by atoms with Crippen molar-refractivity contribution < 1.29 is 14.0 Å². The molecule has 0 saturated carbocycles. The van der Waals surface area contributed by atoms with E-state index in [1.807, 2.05) is 47.4 Å². The van der Waals surface area contributed by atoms with Gasteiger partial charge in [0.25, 0.3) is 5.91 Å². The van der Waals surface area contributed by atoms with Gasteiger partial charge >= 0.3 is 0 Å². The number of carbonyl (C=O) groups excluding carboxylic acids is 2. The third-order valence-electron chi connectivity index (χ3n) is 5.23. The number of para-hydroxylation sites is 1. The molecule has 1 unspecified atom stereocenters. The van der Waals surface area contributed by atoms with Gasteiger partial charge in [0.1, 0.15) is 11.2 Å². The molecule has 158 valence electrons. The van der Waals surface area contributed by atoms with Crippen LogP contribution < -0.4 is 10.2 Å². The minimum atomic E-state index is -0.451. The van der Waals surface area contributed by atoms with Gasteiger partial charge in [-0.05, 0) is 53.4 Å². The number of thioether (sulfide) groups is 1. The predicted molar refractivity (Wildman–Crippen MR) is 124 cm³/mol. The normalized spacial score (nSPS) is 16.1. The van der Waals surface area contributed by atoms with Gasteiger partial charge in [0.15, 0.2) is 0 Å². The van der Waals surface area contributed by atoms with E-state index in [0.29, 0.717) is 17.4 Å². The quantitative estimate of drug-likeness (QED) is 0.537. The molecule has 1 N–H and O–H groups in total. The molecule has 3 aromatic carbocycles. The molecule has 1 atom stereocenters. The van der Waals surface area contributed by atoms with Crippen LogP contribution in [0.15, 0.2) is 72.8 Å². The Kier molecular flexibility index (Phi) is 6.09. The van der Waals surface area contributed by atoms with E-state index in [4.69, 9.17) is 0 Å². The maximum absolute atomic E-state index is 13.4. The fourth-order valence-corrected chi connectivity index (χ4v) is 4.86. The molecule has 3 aromatic rings. The summed E-state index contributed by atoms with van der Waals surface area (Å²) < 4.78 is 13.4. The van der Waals surface area contributed by atoms with Crippen LogP contribution in [0.25, 0.3) is 0 Å². The zero-order valence-electron chi connectivity index (χ0n) is 17.3. The van der Waals surface area contributed by atoms with Crippen molar-refractivity contribution in [2.75, 3.05) is 16.0 Å². The largest absolute Gasteiger partial charge is 0.322 e. The first-order chi connectivity index (χ1) is 14.9. The van der Waals surface area contributed by atoms with Crippen LogP contribution in [-0.4, -0.2) is 17.6 Å². The smallest absolute Gasteiger partial charge is 0.255 e. The van der Waals surface area contributed by atoms with E-state index in [2.05, 4.69) is 25.2 Å². The Morgan fingerprint density at radius 1 is 1.06 bits per heavy atom. The topological polar surface area (TPSA) is 49.4 Å². The summed E-state index contributed by atoms with van der Waals surface area (Å²) in [5, 5.41) is 2.66. The van der Waals surface area contributed by atoms with Crippen molar-refractivity contribution in [1.82, 2.24) is 0 Å². The Bertz CT molecular complexity index is 1110. The lowest BCUT2D eigenvalue weighted by atomic mass is 10.00. The highest BCUT2D eigenvalue weighted by atomic mass is 32.2. The summed E-state index contributed by atoms with van der Waals surface area (Å²) >= 11 is 1.59. The summed E-state index contributed by atoms with van der Waals surface area (Å²) in [4.78, 5) is 27.0. The molecule has 0 bridgehead atoms. The minimum Gasteiger partial charge on any atom is -0.322 e. The van der Waals surface area contributed by atoms with Crippen LogP contribution in [0.5, 0.6) is 0 Å². The maximum Gasteiger partial charge on any atom is 0.255 e. The van der Waals surface area contributed by atoms with Crippen LogP contribution in [0.2, 0.25) is 0 Å². The van der Waals surface area contributed by atoms with Crippen molar-refractivity contribution in [3.8, 4) is 0 Å². The summed E-state index contributed by atoms with van der Waals surface area (Å²) in [5.41, 5.74) is 3.94. The SMILES string of the molecule is CC(C)c1ccccc1N1C(=O)CSC1c1ccc(NC(=O)c2cccc(F)c2)cc1. The van der Waals surface area contributed by atoms with Gasteiger partial charge in [0, 0.05) is 16.9 Å². The van der Waals surface area contributed by atoms with Gasteiger partial charge in [-0.1, -0.05) is 50.2 Å². The van der Waals surface area contributed by atoms with Crippen LogP contribution in [0.4, 0.5) is 15.8 Å². The Labute approximate surface area is 185 Å². The highest BCUT2D eigenvalue weighted by Crippen LogP contribution is 2.44. The molecule has 1 fully saturated rings. The van der Waals surface area contributed by atoms with Gasteiger partial charge < -0.3 is 5.32 Å². The van der Waals surface area contributed by atoms with Crippen LogP contribution in [-0.2, 0) is 4.79 Å². The molecule has 6 heteroatoms. The van der Waals surface area contributed by atoms with Crippen LogP contribution in [0.1, 0.15) is 46.6 Å². The number of halogens is 1.